The number of benzene rings is 1. The van der Waals surface area contributed by atoms with Gasteiger partial charge in [-0.2, -0.15) is 0 Å². The molecule has 0 saturated carbocycles. The van der Waals surface area contributed by atoms with Crippen molar-refractivity contribution in [2.45, 2.75) is 37.6 Å². The molecule has 1 heterocycles. The summed E-state index contributed by atoms with van der Waals surface area (Å²) < 4.78 is 28.9. The largest absolute Gasteiger partial charge is 0.394 e. The third-order valence-electron chi connectivity index (χ3n) is 3.56. The van der Waals surface area contributed by atoms with Crippen LogP contribution in [0, 0.1) is 0 Å². The zero-order valence-corrected chi connectivity index (χ0v) is 16.1. The first-order chi connectivity index (χ1) is 12.5. The Bertz CT molecular complexity index is 670. The van der Waals surface area contributed by atoms with Gasteiger partial charge in [-0.15, -0.1) is 0 Å². The van der Waals surface area contributed by atoms with Crippen LogP contribution in [0.4, 0.5) is 5.69 Å². The first-order valence-corrected chi connectivity index (χ1v) is 10.9. The van der Waals surface area contributed by atoms with E-state index in [1.807, 2.05) is 0 Å². The number of anilines is 1. The molecule has 1 fully saturated rings. The monoisotopic (exact) mass is 454 g/mol. The summed E-state index contributed by atoms with van der Waals surface area (Å²) in [5.74, 6) is -0.379. The second-order valence-electron chi connectivity index (χ2n) is 5.59. The summed E-state index contributed by atoms with van der Waals surface area (Å²) in [6.07, 6.45) is -5.99. The van der Waals surface area contributed by atoms with Crippen LogP contribution in [0.15, 0.2) is 24.3 Å². The number of aliphatic hydroxyl groups excluding tert-OH is 4. The van der Waals surface area contributed by atoms with Crippen LogP contribution in [-0.4, -0.2) is 87.1 Å². The van der Waals surface area contributed by atoms with Gasteiger partial charge in [-0.3, -0.25) is 0 Å². The molecule has 13 heteroatoms. The molecule has 1 saturated heterocycles. The number of carbonyl (C=O) groups excluding carboxylic acids is 1. The summed E-state index contributed by atoms with van der Waals surface area (Å²) in [5, 5.41) is 46.7. The average Bonchev–Trinajstić information content (AvgIpc) is 2.63. The Morgan fingerprint density at radius 3 is 2.37 bits per heavy atom. The van der Waals surface area contributed by atoms with Crippen molar-refractivity contribution < 1.29 is 46.9 Å². The molecule has 0 spiro atoms. The fraction of sp³-hybridized carbons (Fsp3) is 0.500. The minimum absolute atomic E-state index is 0.103. The Kier molecular flexibility index (Phi) is 9.04. The van der Waals surface area contributed by atoms with E-state index >= 15 is 0 Å². The third-order valence-corrected chi connectivity index (χ3v) is 6.12. The summed E-state index contributed by atoms with van der Waals surface area (Å²) in [6.45, 7) is 0.824. The molecular weight excluding hydrogens is 431 g/mol. The van der Waals surface area contributed by atoms with Gasteiger partial charge in [0.05, 0.1) is 6.61 Å². The van der Waals surface area contributed by atoms with Crippen LogP contribution >= 0.6 is 0 Å². The Labute approximate surface area is 157 Å². The zero-order valence-electron chi connectivity index (χ0n) is 14.2. The summed E-state index contributed by atoms with van der Waals surface area (Å²) in [5.41, 5.74) is 5.40. The third kappa shape index (κ3) is 6.36. The molecule has 2 rings (SSSR count). The van der Waals surface area contributed by atoms with E-state index in [0.717, 1.165) is 0 Å². The normalized spacial score (nSPS) is 29.9. The van der Waals surface area contributed by atoms with E-state index in [1.165, 1.54) is 25.1 Å². The van der Waals surface area contributed by atoms with Crippen molar-refractivity contribution in [2.24, 2.45) is 5.73 Å². The van der Waals surface area contributed by atoms with Crippen LogP contribution in [0.25, 0.3) is 0 Å². The van der Waals surface area contributed by atoms with Crippen molar-refractivity contribution in [3.63, 3.8) is 0 Å². The van der Waals surface area contributed by atoms with Crippen molar-refractivity contribution in [3.05, 3.63) is 24.3 Å². The number of rotatable bonds is 4. The Balaban J connectivity index is 0.000000277. The van der Waals surface area contributed by atoms with Gasteiger partial charge in [0.25, 0.3) is 0 Å². The van der Waals surface area contributed by atoms with Gasteiger partial charge < -0.3 is 30.9 Å². The van der Waals surface area contributed by atoms with E-state index in [0.29, 0.717) is 0 Å². The SMILES string of the molecule is CC(=O)Nc1ccccc1[As](=O)(O)OO.NC1O[C@H](CO)[C@@H](O)[C@H](O)[C@H]1O. The molecule has 1 aliphatic heterocycles. The molecular formula is C14H23AsN2O10. The summed E-state index contributed by atoms with van der Waals surface area (Å²) in [7, 11) is 0. The maximum Gasteiger partial charge on any atom is 0.135 e. The van der Waals surface area contributed by atoms with Crippen molar-refractivity contribution in [1.29, 1.82) is 0 Å². The first-order valence-electron chi connectivity index (χ1n) is 7.64. The van der Waals surface area contributed by atoms with Gasteiger partial charge in [-0.1, -0.05) is 0 Å². The maximum absolute atomic E-state index is 11.4. The molecule has 0 aromatic heterocycles. The Hall–Kier alpha value is -1.31. The quantitative estimate of drug-likeness (QED) is 0.127. The molecule has 9 N–H and O–H groups in total. The second kappa shape index (κ2) is 10.3. The summed E-state index contributed by atoms with van der Waals surface area (Å²) in [4.78, 5) is 10.8. The molecule has 1 aromatic rings. The summed E-state index contributed by atoms with van der Waals surface area (Å²) >= 11 is -4.92. The molecule has 0 radical (unpaired) electrons. The molecule has 6 atom stereocenters. The maximum atomic E-state index is 11.4. The van der Waals surface area contributed by atoms with E-state index < -0.39 is 51.4 Å². The van der Waals surface area contributed by atoms with Gasteiger partial charge in [-0.05, 0) is 0 Å². The van der Waals surface area contributed by atoms with Crippen LogP contribution in [-0.2, 0) is 17.1 Å². The van der Waals surface area contributed by atoms with Crippen LogP contribution in [0.2, 0.25) is 0 Å². The Morgan fingerprint density at radius 2 is 1.85 bits per heavy atom. The topological polar surface area (TPSA) is 212 Å². The van der Waals surface area contributed by atoms with Crippen LogP contribution in [0.3, 0.4) is 0 Å². The number of para-hydroxylation sites is 1. The average molecular weight is 454 g/mol. The van der Waals surface area contributed by atoms with Gasteiger partial charge in [0.15, 0.2) is 0 Å². The number of carbonyl (C=O) groups is 1. The molecule has 12 nitrogen and oxygen atoms in total. The van der Waals surface area contributed by atoms with E-state index in [9.17, 15) is 17.7 Å². The molecule has 1 amide bonds. The first kappa shape index (κ1) is 23.7. The number of nitrogens with one attached hydrogen (secondary N) is 1. The van der Waals surface area contributed by atoms with Gasteiger partial charge >= 0.3 is 88.4 Å². The van der Waals surface area contributed by atoms with Crippen molar-refractivity contribution in [1.82, 2.24) is 0 Å². The minimum atomic E-state index is -4.92. The van der Waals surface area contributed by atoms with E-state index in [-0.39, 0.29) is 15.9 Å². The van der Waals surface area contributed by atoms with E-state index in [2.05, 4.69) is 9.19 Å². The van der Waals surface area contributed by atoms with Gasteiger partial charge in [-0.25, -0.2) is 0 Å². The van der Waals surface area contributed by atoms with Gasteiger partial charge in [0.1, 0.15) is 30.6 Å². The van der Waals surface area contributed by atoms with Crippen molar-refractivity contribution in [3.8, 4) is 0 Å². The predicted molar refractivity (Wildman–Crippen MR) is 90.7 cm³/mol. The van der Waals surface area contributed by atoms with Gasteiger partial charge in [0.2, 0.25) is 0 Å². The van der Waals surface area contributed by atoms with E-state index in [1.54, 1.807) is 6.07 Å². The molecule has 2 unspecified atom stereocenters. The zero-order chi connectivity index (χ0) is 20.8. The van der Waals surface area contributed by atoms with Gasteiger partial charge in [0, 0.05) is 0 Å². The molecule has 1 aliphatic rings. The number of nitrogens with two attached hydrogens (primary N) is 1. The summed E-state index contributed by atoms with van der Waals surface area (Å²) in [6, 6.07) is 5.84. The minimum Gasteiger partial charge on any atom is -0.394 e. The van der Waals surface area contributed by atoms with Crippen molar-refractivity contribution in [2.75, 3.05) is 11.9 Å². The second-order valence-corrected chi connectivity index (χ2v) is 9.13. The smallest absolute Gasteiger partial charge is 0.135 e. The number of hydrogen-bond acceptors (Lipinski definition) is 10. The fourth-order valence-corrected chi connectivity index (χ4v) is 3.86. The van der Waals surface area contributed by atoms with Crippen LogP contribution in [0.5, 0.6) is 0 Å². The molecule has 154 valence electrons. The number of hydrogen-bond donors (Lipinski definition) is 8. The molecule has 0 aliphatic carbocycles. The van der Waals surface area contributed by atoms with Crippen LogP contribution in [0.1, 0.15) is 6.92 Å². The number of aliphatic hydroxyl groups is 4. The van der Waals surface area contributed by atoms with Crippen LogP contribution < -0.4 is 15.4 Å². The molecule has 0 bridgehead atoms. The number of amides is 1. The molecule has 27 heavy (non-hydrogen) atoms. The van der Waals surface area contributed by atoms with E-state index in [4.69, 9.17) is 31.0 Å². The predicted octanol–water partition coefficient (Wildman–Crippen LogP) is -3.55. The molecule has 1 aromatic carbocycles. The fourth-order valence-electron chi connectivity index (χ4n) is 2.19. The standard InChI is InChI=1S/C8H10AsNO5.C6H13NO5/c1-6(11)10-8-5-3-2-4-7(8)9(12,13)15-14;7-6-5(11)4(10)3(9)2(1-8)12-6/h2-5,14H,1H3,(H,10,11)(H,12,13);2-6,8-11H,1,7H2/t;2-,3-,4+,5-,6?/m.1/s1. The van der Waals surface area contributed by atoms with Crippen molar-refractivity contribution >= 4 is 30.1 Å². The number of ether oxygens (including phenoxy) is 1. The Morgan fingerprint density at radius 1 is 1.26 bits per heavy atom.